The molecular formula is C13H20N2O2S2. The quantitative estimate of drug-likeness (QED) is 0.837. The Labute approximate surface area is 119 Å². The standard InChI is InChI=1S/C13H20N2O2S2/c1-14-9-11-5-2-3-7-13(11)19(16,17)15-10-12-6-4-8-18-12/h2-3,5,7,12,14-15H,4,6,8-10H2,1H3. The molecule has 106 valence electrons. The van der Waals surface area contributed by atoms with Crippen LogP contribution in [-0.4, -0.2) is 33.0 Å². The molecule has 1 saturated heterocycles. The second-order valence-corrected chi connectivity index (χ2v) is 7.77. The number of hydrogen-bond donors (Lipinski definition) is 2. The summed E-state index contributed by atoms with van der Waals surface area (Å²) < 4.78 is 27.4. The Kier molecular flexibility index (Phi) is 5.27. The lowest BCUT2D eigenvalue weighted by molar-refractivity contribution is 0.577. The molecular weight excluding hydrogens is 280 g/mol. The highest BCUT2D eigenvalue weighted by Gasteiger charge is 2.21. The molecule has 1 aliphatic rings. The number of sulfonamides is 1. The van der Waals surface area contributed by atoms with Gasteiger partial charge in [0.25, 0.3) is 0 Å². The first-order valence-corrected chi connectivity index (χ1v) is 9.00. The molecule has 1 aliphatic heterocycles. The highest BCUT2D eigenvalue weighted by Crippen LogP contribution is 2.26. The van der Waals surface area contributed by atoms with Gasteiger partial charge in [0.1, 0.15) is 0 Å². The van der Waals surface area contributed by atoms with Crippen LogP contribution in [0.15, 0.2) is 29.2 Å². The molecule has 1 aromatic rings. The highest BCUT2D eigenvalue weighted by molar-refractivity contribution is 8.00. The fraction of sp³-hybridized carbons (Fsp3) is 0.538. The first-order chi connectivity index (χ1) is 9.13. The van der Waals surface area contributed by atoms with Crippen LogP contribution in [0.1, 0.15) is 18.4 Å². The van der Waals surface area contributed by atoms with Gasteiger partial charge in [-0.15, -0.1) is 0 Å². The molecule has 1 heterocycles. The predicted molar refractivity (Wildman–Crippen MR) is 79.9 cm³/mol. The summed E-state index contributed by atoms with van der Waals surface area (Å²) in [5.41, 5.74) is 0.802. The summed E-state index contributed by atoms with van der Waals surface area (Å²) in [6.45, 7) is 1.08. The fourth-order valence-electron chi connectivity index (χ4n) is 2.19. The summed E-state index contributed by atoms with van der Waals surface area (Å²) in [6, 6.07) is 7.13. The van der Waals surface area contributed by atoms with Crippen molar-refractivity contribution in [2.24, 2.45) is 0 Å². The third kappa shape index (κ3) is 3.95. The van der Waals surface area contributed by atoms with Gasteiger partial charge in [-0.3, -0.25) is 0 Å². The molecule has 0 spiro atoms. The first kappa shape index (κ1) is 14.8. The largest absolute Gasteiger partial charge is 0.316 e. The van der Waals surface area contributed by atoms with Crippen LogP contribution in [0.25, 0.3) is 0 Å². The van der Waals surface area contributed by atoms with Crippen LogP contribution in [0.3, 0.4) is 0 Å². The van der Waals surface area contributed by atoms with Crippen LogP contribution in [0.5, 0.6) is 0 Å². The summed E-state index contributed by atoms with van der Waals surface area (Å²) >= 11 is 1.85. The fourth-order valence-corrected chi connectivity index (χ4v) is 4.81. The van der Waals surface area contributed by atoms with E-state index in [0.717, 1.165) is 17.7 Å². The lowest BCUT2D eigenvalue weighted by Gasteiger charge is -2.13. The molecule has 6 heteroatoms. The number of benzene rings is 1. The first-order valence-electron chi connectivity index (χ1n) is 6.47. The zero-order valence-electron chi connectivity index (χ0n) is 11.1. The Morgan fingerprint density at radius 3 is 2.84 bits per heavy atom. The molecule has 1 atom stereocenters. The van der Waals surface area contributed by atoms with E-state index in [4.69, 9.17) is 0 Å². The topological polar surface area (TPSA) is 58.2 Å². The van der Waals surface area contributed by atoms with Crippen LogP contribution < -0.4 is 10.0 Å². The lowest BCUT2D eigenvalue weighted by atomic mass is 10.2. The van der Waals surface area contributed by atoms with E-state index in [1.54, 1.807) is 12.1 Å². The zero-order chi connectivity index (χ0) is 13.7. The van der Waals surface area contributed by atoms with E-state index in [0.29, 0.717) is 23.2 Å². The average Bonchev–Trinajstić information content (AvgIpc) is 2.91. The van der Waals surface area contributed by atoms with Crippen LogP contribution in [0, 0.1) is 0 Å². The van der Waals surface area contributed by atoms with E-state index in [9.17, 15) is 8.42 Å². The summed E-state index contributed by atoms with van der Waals surface area (Å²) in [5, 5.41) is 3.42. The van der Waals surface area contributed by atoms with Crippen LogP contribution >= 0.6 is 11.8 Å². The zero-order valence-corrected chi connectivity index (χ0v) is 12.7. The van der Waals surface area contributed by atoms with E-state index in [-0.39, 0.29) is 0 Å². The predicted octanol–water partition coefficient (Wildman–Crippen LogP) is 1.58. The smallest absolute Gasteiger partial charge is 0.240 e. The molecule has 1 aromatic carbocycles. The van der Waals surface area contributed by atoms with Crippen LogP contribution in [0.2, 0.25) is 0 Å². The molecule has 0 radical (unpaired) electrons. The van der Waals surface area contributed by atoms with Gasteiger partial charge in [0.05, 0.1) is 4.90 Å². The van der Waals surface area contributed by atoms with Crippen LogP contribution in [0.4, 0.5) is 0 Å². The third-order valence-corrected chi connectivity index (χ3v) is 6.08. The second-order valence-electron chi connectivity index (χ2n) is 4.62. The molecule has 2 rings (SSSR count). The van der Waals surface area contributed by atoms with E-state index >= 15 is 0 Å². The van der Waals surface area contributed by atoms with Gasteiger partial charge in [0, 0.05) is 18.3 Å². The molecule has 0 amide bonds. The normalized spacial score (nSPS) is 19.7. The van der Waals surface area contributed by atoms with Gasteiger partial charge in [-0.1, -0.05) is 18.2 Å². The lowest BCUT2D eigenvalue weighted by Crippen LogP contribution is -2.30. The summed E-state index contributed by atoms with van der Waals surface area (Å²) in [7, 11) is -1.59. The molecule has 1 unspecified atom stereocenters. The Bertz CT molecular complexity index is 511. The average molecular weight is 300 g/mol. The molecule has 19 heavy (non-hydrogen) atoms. The van der Waals surface area contributed by atoms with Gasteiger partial charge < -0.3 is 5.32 Å². The minimum absolute atomic E-state index is 0.382. The molecule has 0 aliphatic carbocycles. The molecule has 0 aromatic heterocycles. The second kappa shape index (κ2) is 6.74. The van der Waals surface area contributed by atoms with E-state index in [1.165, 1.54) is 6.42 Å². The number of hydrogen-bond acceptors (Lipinski definition) is 4. The van der Waals surface area contributed by atoms with Gasteiger partial charge >= 0.3 is 0 Å². The maximum atomic E-state index is 12.3. The summed E-state index contributed by atoms with van der Waals surface area (Å²) in [4.78, 5) is 0.382. The maximum Gasteiger partial charge on any atom is 0.240 e. The van der Waals surface area contributed by atoms with E-state index in [2.05, 4.69) is 10.0 Å². The Morgan fingerprint density at radius 2 is 2.16 bits per heavy atom. The highest BCUT2D eigenvalue weighted by atomic mass is 32.2. The number of nitrogens with one attached hydrogen (secondary N) is 2. The number of rotatable bonds is 6. The van der Waals surface area contributed by atoms with Crippen molar-refractivity contribution in [2.45, 2.75) is 29.5 Å². The van der Waals surface area contributed by atoms with Gasteiger partial charge in [0.2, 0.25) is 10.0 Å². The Morgan fingerprint density at radius 1 is 1.37 bits per heavy atom. The van der Waals surface area contributed by atoms with Gasteiger partial charge in [0.15, 0.2) is 0 Å². The van der Waals surface area contributed by atoms with Gasteiger partial charge in [-0.2, -0.15) is 11.8 Å². The van der Waals surface area contributed by atoms with Crippen molar-refractivity contribution in [1.29, 1.82) is 0 Å². The molecule has 0 bridgehead atoms. The Hall–Kier alpha value is -0.560. The summed E-state index contributed by atoms with van der Waals surface area (Å²) in [6.07, 6.45) is 2.29. The Balaban J connectivity index is 2.09. The summed E-state index contributed by atoms with van der Waals surface area (Å²) in [5.74, 6) is 1.14. The van der Waals surface area contributed by atoms with Crippen molar-refractivity contribution >= 4 is 21.8 Å². The third-order valence-electron chi connectivity index (χ3n) is 3.15. The minimum Gasteiger partial charge on any atom is -0.316 e. The van der Waals surface area contributed by atoms with Crippen molar-refractivity contribution in [3.63, 3.8) is 0 Å². The number of thioether (sulfide) groups is 1. The van der Waals surface area contributed by atoms with Crippen molar-refractivity contribution in [3.05, 3.63) is 29.8 Å². The van der Waals surface area contributed by atoms with Crippen LogP contribution in [-0.2, 0) is 16.6 Å². The van der Waals surface area contributed by atoms with Gasteiger partial charge in [-0.25, -0.2) is 13.1 Å². The molecule has 0 saturated carbocycles. The van der Waals surface area contributed by atoms with Gasteiger partial charge in [-0.05, 0) is 37.3 Å². The van der Waals surface area contributed by atoms with Crippen molar-refractivity contribution in [3.8, 4) is 0 Å². The SMILES string of the molecule is CNCc1ccccc1S(=O)(=O)NCC1CCCS1. The minimum atomic E-state index is -3.40. The van der Waals surface area contributed by atoms with Crippen molar-refractivity contribution in [1.82, 2.24) is 10.0 Å². The van der Waals surface area contributed by atoms with E-state index < -0.39 is 10.0 Å². The van der Waals surface area contributed by atoms with Crippen molar-refractivity contribution < 1.29 is 8.42 Å². The monoisotopic (exact) mass is 300 g/mol. The molecule has 1 fully saturated rings. The van der Waals surface area contributed by atoms with E-state index in [1.807, 2.05) is 30.9 Å². The maximum absolute atomic E-state index is 12.3. The van der Waals surface area contributed by atoms with Crippen molar-refractivity contribution in [2.75, 3.05) is 19.3 Å². The molecule has 4 nitrogen and oxygen atoms in total. The molecule has 2 N–H and O–H groups in total.